The molecule has 0 aliphatic rings. The summed E-state index contributed by atoms with van der Waals surface area (Å²) in [4.78, 5) is 0. The fraction of sp³-hybridized carbons (Fsp3) is 1.00. The molecule has 0 aromatic rings. The van der Waals surface area contributed by atoms with Gasteiger partial charge in [0.2, 0.25) is 0 Å². The van der Waals surface area contributed by atoms with Crippen LogP contribution in [0.1, 0.15) is 20.8 Å². The van der Waals surface area contributed by atoms with Crippen molar-refractivity contribution in [2.75, 3.05) is 0 Å². The minimum absolute atomic E-state index is 0. The molecular weight excluding hydrogens is 294 g/mol. The second-order valence-electron chi connectivity index (χ2n) is 2.43. The van der Waals surface area contributed by atoms with Crippen molar-refractivity contribution in [3.63, 3.8) is 0 Å². The molecule has 1 atom stereocenters. The quantitative estimate of drug-likeness (QED) is 0.661. The third-order valence-corrected chi connectivity index (χ3v) is 1.69. The third-order valence-electron chi connectivity index (χ3n) is 0.326. The van der Waals surface area contributed by atoms with Crippen LogP contribution in [0.2, 0.25) is 0 Å². The van der Waals surface area contributed by atoms with E-state index in [0.29, 0.717) is 0 Å². The Bertz CT molecular complexity index is 101. The molecule has 5 heteroatoms. The molecule has 0 saturated heterocycles. The summed E-state index contributed by atoms with van der Waals surface area (Å²) in [5.74, 6) is 0. The van der Waals surface area contributed by atoms with E-state index in [0.717, 1.165) is 21.1 Å². The van der Waals surface area contributed by atoms with Crippen molar-refractivity contribution < 1.29 is 25.5 Å². The van der Waals surface area contributed by atoms with Crippen LogP contribution in [0.4, 0.5) is 0 Å². The molecule has 4 radical (unpaired) electrons. The van der Waals surface area contributed by atoms with E-state index in [2.05, 4.69) is 0 Å². The summed E-state index contributed by atoms with van der Waals surface area (Å²) < 4.78 is 15.3. The topological polar surface area (TPSA) is 26.3 Å². The molecule has 0 saturated carbocycles. The van der Waals surface area contributed by atoms with Crippen molar-refractivity contribution >= 4 is 29.4 Å². The van der Waals surface area contributed by atoms with Gasteiger partial charge in [0.15, 0.2) is 0 Å². The van der Waals surface area contributed by atoms with Crippen molar-refractivity contribution in [1.29, 1.82) is 0 Å². The Kier molecular flexibility index (Phi) is 7.44. The summed E-state index contributed by atoms with van der Waals surface area (Å²) in [5.41, 5.74) is -0.256. The van der Waals surface area contributed by atoms with E-state index < -0.39 is 8.26 Å². The predicted octanol–water partition coefficient (Wildman–Crippen LogP) is 0.546. The summed E-state index contributed by atoms with van der Waals surface area (Å²) in [6, 6.07) is 0. The SMILES string of the molecule is CC(C)(C)O[S](=O)[Sn].[Cu]. The first kappa shape index (κ1) is 13.0. The molecule has 0 heterocycles. The molecule has 0 N–H and O–H groups in total. The number of rotatable bonds is 1. The normalized spacial score (nSPS) is 14.2. The van der Waals surface area contributed by atoms with Gasteiger partial charge >= 0.3 is 64.2 Å². The Labute approximate surface area is 80.8 Å². The summed E-state index contributed by atoms with van der Waals surface area (Å²) in [7, 11) is -1.05. The van der Waals surface area contributed by atoms with Crippen LogP contribution in [0, 0.1) is 0 Å². The van der Waals surface area contributed by atoms with Gasteiger partial charge in [-0.2, -0.15) is 0 Å². The Hall–Kier alpha value is 1.43. The maximum absolute atomic E-state index is 10.4. The first-order valence-electron chi connectivity index (χ1n) is 2.24. The molecule has 2 nitrogen and oxygen atoms in total. The second kappa shape index (κ2) is 5.13. The summed E-state index contributed by atoms with van der Waals surface area (Å²) in [6.07, 6.45) is 0. The van der Waals surface area contributed by atoms with E-state index in [-0.39, 0.29) is 22.7 Å². The van der Waals surface area contributed by atoms with E-state index in [4.69, 9.17) is 4.18 Å². The molecule has 0 aliphatic heterocycles. The van der Waals surface area contributed by atoms with Crippen LogP contribution in [0.15, 0.2) is 0 Å². The average molecular weight is 303 g/mol. The van der Waals surface area contributed by atoms with Crippen molar-refractivity contribution in [2.24, 2.45) is 0 Å². The largest absolute Gasteiger partial charge is 0 e. The van der Waals surface area contributed by atoms with Gasteiger partial charge in [0.05, 0.1) is 0 Å². The van der Waals surface area contributed by atoms with Gasteiger partial charge in [-0.1, -0.05) is 0 Å². The molecule has 0 amide bonds. The van der Waals surface area contributed by atoms with E-state index >= 15 is 0 Å². The predicted molar refractivity (Wildman–Crippen MR) is 34.7 cm³/mol. The van der Waals surface area contributed by atoms with E-state index in [1.54, 1.807) is 0 Å². The average Bonchev–Trinajstić information content (AvgIpc) is 1.21. The first-order valence-corrected chi connectivity index (χ1v) is 6.81. The van der Waals surface area contributed by atoms with E-state index in [1.807, 2.05) is 20.8 Å². The smallest absolute Gasteiger partial charge is 0 e. The van der Waals surface area contributed by atoms with Gasteiger partial charge in [-0.3, -0.25) is 0 Å². The minimum Gasteiger partial charge on any atom is 0 e. The van der Waals surface area contributed by atoms with Crippen LogP contribution in [-0.2, 0) is 29.5 Å². The Morgan fingerprint density at radius 1 is 1.44 bits per heavy atom. The second-order valence-corrected chi connectivity index (χ2v) is 5.92. The van der Waals surface area contributed by atoms with Crippen molar-refractivity contribution in [2.45, 2.75) is 26.4 Å². The fourth-order valence-corrected chi connectivity index (χ4v) is 2.82. The molecule has 0 bridgehead atoms. The van der Waals surface area contributed by atoms with Crippen molar-refractivity contribution in [3.8, 4) is 0 Å². The van der Waals surface area contributed by atoms with Crippen molar-refractivity contribution in [1.82, 2.24) is 0 Å². The Morgan fingerprint density at radius 2 is 1.78 bits per heavy atom. The molecule has 1 unspecified atom stereocenters. The molecule has 0 aliphatic carbocycles. The zero-order valence-electron chi connectivity index (χ0n) is 5.53. The maximum atomic E-state index is 10.4. The Morgan fingerprint density at radius 3 is 1.78 bits per heavy atom. The fourth-order valence-electron chi connectivity index (χ4n) is 0.227. The van der Waals surface area contributed by atoms with Crippen LogP contribution in [0.25, 0.3) is 0 Å². The van der Waals surface area contributed by atoms with Gasteiger partial charge < -0.3 is 0 Å². The first-order chi connectivity index (χ1) is 3.42. The molecule has 9 heavy (non-hydrogen) atoms. The molecule has 0 rings (SSSR count). The number of hydrogen-bond donors (Lipinski definition) is 0. The van der Waals surface area contributed by atoms with Crippen LogP contribution in [0.5, 0.6) is 0 Å². The van der Waals surface area contributed by atoms with E-state index in [9.17, 15) is 4.21 Å². The van der Waals surface area contributed by atoms with Crippen LogP contribution < -0.4 is 0 Å². The number of hydrogen-bond acceptors (Lipinski definition) is 2. The Balaban J connectivity index is 0. The van der Waals surface area contributed by atoms with Crippen LogP contribution >= 0.6 is 0 Å². The third kappa shape index (κ3) is 12.6. The molecule has 0 aromatic carbocycles. The standard InChI is InChI=1S/C4H9O2S.Cu.Sn/c1-4(2,3)6-7-5;;/h1-3H3;;/q+1;;-1. The molecule has 58 valence electrons. The zero-order chi connectivity index (χ0) is 6.78. The summed E-state index contributed by atoms with van der Waals surface area (Å²) in [6.45, 7) is 5.65. The molecule has 0 aromatic heterocycles. The monoisotopic (exact) mass is 304 g/mol. The van der Waals surface area contributed by atoms with Gasteiger partial charge in [-0.15, -0.1) is 0 Å². The van der Waals surface area contributed by atoms with Gasteiger partial charge in [-0.25, -0.2) is 0 Å². The summed E-state index contributed by atoms with van der Waals surface area (Å²) in [5, 5.41) is 0. The summed E-state index contributed by atoms with van der Waals surface area (Å²) >= 11 is 0.923. The molecule has 0 fully saturated rings. The van der Waals surface area contributed by atoms with Crippen LogP contribution in [-0.4, -0.2) is 31.0 Å². The molecule has 0 spiro atoms. The van der Waals surface area contributed by atoms with Gasteiger partial charge in [-0.05, 0) is 0 Å². The van der Waals surface area contributed by atoms with Gasteiger partial charge in [0.1, 0.15) is 0 Å². The zero-order valence-corrected chi connectivity index (χ0v) is 10.1. The maximum Gasteiger partial charge on any atom is 0 e. The van der Waals surface area contributed by atoms with Crippen LogP contribution in [0.3, 0.4) is 0 Å². The van der Waals surface area contributed by atoms with Gasteiger partial charge in [0.25, 0.3) is 0 Å². The van der Waals surface area contributed by atoms with Crippen molar-refractivity contribution in [3.05, 3.63) is 0 Å². The molecular formula is C4H9CuO2SSn. The van der Waals surface area contributed by atoms with E-state index in [1.165, 1.54) is 0 Å². The van der Waals surface area contributed by atoms with Gasteiger partial charge in [0, 0.05) is 17.1 Å². The minimum atomic E-state index is -1.05.